The monoisotopic (exact) mass is 461 g/mol. The molecule has 0 unspecified atom stereocenters. The molecule has 0 spiro atoms. The summed E-state index contributed by atoms with van der Waals surface area (Å²) in [6, 6.07) is 6.94. The molecule has 170 valence electrons. The molecule has 0 aliphatic carbocycles. The Labute approximate surface area is 187 Å². The Bertz CT molecular complexity index is 1090. The lowest BCUT2D eigenvalue weighted by atomic mass is 10.1. The van der Waals surface area contributed by atoms with E-state index in [1.54, 1.807) is 31.4 Å². The molecule has 11 heteroatoms. The summed E-state index contributed by atoms with van der Waals surface area (Å²) in [6.45, 7) is 2.04. The van der Waals surface area contributed by atoms with Crippen LogP contribution in [0.3, 0.4) is 0 Å². The average molecular weight is 461 g/mol. The zero-order chi connectivity index (χ0) is 22.9. The molecule has 0 radical (unpaired) electrons. The maximum atomic E-state index is 12.9. The first-order chi connectivity index (χ1) is 15.5. The number of ether oxygens (including phenoxy) is 4. The number of fused-ring (bicyclic) bond motifs is 1. The Morgan fingerprint density at radius 2 is 1.72 bits per heavy atom. The normalized spacial score (nSPS) is 11.0. The number of amides is 1. The van der Waals surface area contributed by atoms with Crippen LogP contribution in [0.25, 0.3) is 10.9 Å². The number of para-hydroxylation sites is 1. The topological polar surface area (TPSA) is 132 Å². The van der Waals surface area contributed by atoms with E-state index in [0.29, 0.717) is 37.3 Å². The van der Waals surface area contributed by atoms with E-state index in [1.165, 1.54) is 16.1 Å². The van der Waals surface area contributed by atoms with E-state index in [2.05, 4.69) is 4.98 Å². The standard InChI is InChI=1S/C21H23N3O7S/c1-28-6-7-29-8-9-30-10-11-31-21(27)24-12-15(14-4-2-3-5-17(14)24)18(25)20-23-16(13-32-20)19(22)26/h2-5,12-13H,6-11H2,1H3,(H2,22,26). The van der Waals surface area contributed by atoms with Gasteiger partial charge in [-0.2, -0.15) is 0 Å². The van der Waals surface area contributed by atoms with Crippen molar-refractivity contribution < 1.29 is 33.3 Å². The first-order valence-corrected chi connectivity index (χ1v) is 10.6. The quantitative estimate of drug-likeness (QED) is 0.320. The number of thiazole rings is 1. The molecular weight excluding hydrogens is 438 g/mol. The number of rotatable bonds is 12. The van der Waals surface area contributed by atoms with E-state index in [9.17, 15) is 14.4 Å². The molecule has 0 fully saturated rings. The number of primary amides is 1. The predicted molar refractivity (Wildman–Crippen MR) is 116 cm³/mol. The third kappa shape index (κ3) is 5.77. The number of nitrogens with two attached hydrogens (primary N) is 1. The van der Waals surface area contributed by atoms with E-state index >= 15 is 0 Å². The van der Waals surface area contributed by atoms with Crippen molar-refractivity contribution in [3.05, 3.63) is 52.1 Å². The molecular formula is C21H23N3O7S. The Balaban J connectivity index is 1.63. The van der Waals surface area contributed by atoms with Crippen molar-refractivity contribution in [3.8, 4) is 0 Å². The van der Waals surface area contributed by atoms with Gasteiger partial charge in [-0.1, -0.05) is 18.2 Å². The first kappa shape index (κ1) is 23.5. The van der Waals surface area contributed by atoms with E-state index in [1.807, 2.05) is 0 Å². The van der Waals surface area contributed by atoms with E-state index < -0.39 is 17.8 Å². The molecule has 2 aromatic heterocycles. The van der Waals surface area contributed by atoms with Crippen molar-refractivity contribution in [1.82, 2.24) is 9.55 Å². The van der Waals surface area contributed by atoms with Crippen LogP contribution in [0.4, 0.5) is 4.79 Å². The van der Waals surface area contributed by atoms with Crippen LogP contribution in [0, 0.1) is 0 Å². The number of ketones is 1. The van der Waals surface area contributed by atoms with Gasteiger partial charge < -0.3 is 24.7 Å². The van der Waals surface area contributed by atoms with Gasteiger partial charge in [-0.3, -0.25) is 14.2 Å². The van der Waals surface area contributed by atoms with Gasteiger partial charge in [-0.05, 0) is 6.07 Å². The van der Waals surface area contributed by atoms with Gasteiger partial charge in [-0.25, -0.2) is 9.78 Å². The van der Waals surface area contributed by atoms with E-state index in [0.717, 1.165) is 11.3 Å². The summed E-state index contributed by atoms with van der Waals surface area (Å²) in [7, 11) is 1.60. The van der Waals surface area contributed by atoms with Crippen LogP contribution in [0.15, 0.2) is 35.8 Å². The van der Waals surface area contributed by atoms with Crippen molar-refractivity contribution in [2.24, 2.45) is 5.73 Å². The number of carbonyl (C=O) groups excluding carboxylic acids is 3. The number of aromatic nitrogens is 2. The van der Waals surface area contributed by atoms with Gasteiger partial charge >= 0.3 is 6.09 Å². The number of benzene rings is 1. The molecule has 0 saturated heterocycles. The molecule has 3 aromatic rings. The fourth-order valence-electron chi connectivity index (χ4n) is 2.84. The maximum absolute atomic E-state index is 12.9. The molecule has 0 aliphatic heterocycles. The highest BCUT2D eigenvalue weighted by atomic mass is 32.1. The first-order valence-electron chi connectivity index (χ1n) is 9.74. The highest BCUT2D eigenvalue weighted by molar-refractivity contribution is 7.12. The molecule has 0 atom stereocenters. The smallest absolute Gasteiger partial charge is 0.418 e. The minimum atomic E-state index is -0.713. The molecule has 0 saturated carbocycles. The molecule has 3 rings (SSSR count). The molecule has 1 amide bonds. The Kier molecular flexibility index (Phi) is 8.45. The summed E-state index contributed by atoms with van der Waals surface area (Å²) in [6.07, 6.45) is 0.766. The molecule has 0 aliphatic rings. The summed E-state index contributed by atoms with van der Waals surface area (Å²) in [5.41, 5.74) is 6.01. The lowest BCUT2D eigenvalue weighted by molar-refractivity contribution is 0.0132. The number of hydrogen-bond donors (Lipinski definition) is 1. The van der Waals surface area contributed by atoms with Gasteiger partial charge in [0.1, 0.15) is 12.3 Å². The molecule has 32 heavy (non-hydrogen) atoms. The molecule has 10 nitrogen and oxygen atoms in total. The van der Waals surface area contributed by atoms with Gasteiger partial charge in [0, 0.05) is 24.1 Å². The zero-order valence-corrected chi connectivity index (χ0v) is 18.3. The van der Waals surface area contributed by atoms with Crippen LogP contribution in [-0.4, -0.2) is 74.1 Å². The lowest BCUT2D eigenvalue weighted by Crippen LogP contribution is -2.17. The molecule has 0 bridgehead atoms. The van der Waals surface area contributed by atoms with Crippen molar-refractivity contribution in [2.45, 2.75) is 0 Å². The van der Waals surface area contributed by atoms with Crippen molar-refractivity contribution >= 4 is 40.0 Å². The van der Waals surface area contributed by atoms with Crippen molar-refractivity contribution in [2.75, 3.05) is 46.8 Å². The molecule has 2 heterocycles. The summed E-state index contributed by atoms with van der Waals surface area (Å²) < 4.78 is 22.0. The highest BCUT2D eigenvalue weighted by Gasteiger charge is 2.22. The van der Waals surface area contributed by atoms with Gasteiger partial charge in [0.2, 0.25) is 5.78 Å². The largest absolute Gasteiger partial charge is 0.446 e. The van der Waals surface area contributed by atoms with E-state index in [-0.39, 0.29) is 29.5 Å². The second-order valence-corrected chi connectivity index (χ2v) is 7.35. The van der Waals surface area contributed by atoms with Crippen LogP contribution in [0.5, 0.6) is 0 Å². The van der Waals surface area contributed by atoms with Gasteiger partial charge in [0.05, 0.1) is 44.1 Å². The number of carbonyl (C=O) groups is 3. The third-order valence-electron chi connectivity index (χ3n) is 4.36. The summed E-state index contributed by atoms with van der Waals surface area (Å²) in [5, 5.41) is 2.09. The van der Waals surface area contributed by atoms with Gasteiger partial charge in [0.25, 0.3) is 5.91 Å². The Morgan fingerprint density at radius 1 is 1.03 bits per heavy atom. The van der Waals surface area contributed by atoms with Crippen LogP contribution in [-0.2, 0) is 18.9 Å². The summed E-state index contributed by atoms with van der Waals surface area (Å²) in [5.74, 6) is -1.13. The van der Waals surface area contributed by atoms with Crippen LogP contribution < -0.4 is 5.73 Å². The maximum Gasteiger partial charge on any atom is 0.418 e. The van der Waals surface area contributed by atoms with Crippen molar-refractivity contribution in [3.63, 3.8) is 0 Å². The van der Waals surface area contributed by atoms with Crippen LogP contribution in [0.2, 0.25) is 0 Å². The number of hydrogen-bond acceptors (Lipinski definition) is 9. The molecule has 2 N–H and O–H groups in total. The second kappa shape index (κ2) is 11.5. The fourth-order valence-corrected chi connectivity index (χ4v) is 3.60. The van der Waals surface area contributed by atoms with Crippen LogP contribution in [0.1, 0.15) is 25.9 Å². The summed E-state index contributed by atoms with van der Waals surface area (Å²) in [4.78, 5) is 40.8. The third-order valence-corrected chi connectivity index (χ3v) is 5.20. The SMILES string of the molecule is COCCOCCOCCOC(=O)n1cc(C(=O)c2nc(C(N)=O)cs2)c2ccccc21. The second-order valence-electron chi connectivity index (χ2n) is 6.49. The number of methoxy groups -OCH3 is 1. The average Bonchev–Trinajstić information content (AvgIpc) is 3.43. The summed E-state index contributed by atoms with van der Waals surface area (Å²) >= 11 is 1.01. The minimum Gasteiger partial charge on any atom is -0.446 e. The van der Waals surface area contributed by atoms with E-state index in [4.69, 9.17) is 24.7 Å². The van der Waals surface area contributed by atoms with Gasteiger partial charge in [-0.15, -0.1) is 11.3 Å². The molecule has 1 aromatic carbocycles. The van der Waals surface area contributed by atoms with Crippen LogP contribution >= 0.6 is 11.3 Å². The minimum absolute atomic E-state index is 0.0191. The van der Waals surface area contributed by atoms with Gasteiger partial charge in [0.15, 0.2) is 5.01 Å². The highest BCUT2D eigenvalue weighted by Crippen LogP contribution is 2.25. The Morgan fingerprint density at radius 3 is 2.41 bits per heavy atom. The Hall–Kier alpha value is -3.12. The number of nitrogens with zero attached hydrogens (tertiary/aromatic N) is 2. The van der Waals surface area contributed by atoms with Crippen molar-refractivity contribution in [1.29, 1.82) is 0 Å². The fraction of sp³-hybridized carbons (Fsp3) is 0.333. The zero-order valence-electron chi connectivity index (χ0n) is 17.4. The predicted octanol–water partition coefficient (Wildman–Crippen LogP) is 2.09. The lowest BCUT2D eigenvalue weighted by Gasteiger charge is -2.08.